The van der Waals surface area contributed by atoms with Gasteiger partial charge in [0.25, 0.3) is 0 Å². The Bertz CT molecular complexity index is 441. The molecule has 0 fully saturated rings. The highest BCUT2D eigenvalue weighted by Crippen LogP contribution is 2.20. The average molecular weight is 265 g/mol. The second-order valence-corrected chi connectivity index (χ2v) is 5.42. The molecule has 0 bridgehead atoms. The number of rotatable bonds is 7. The zero-order valence-corrected chi connectivity index (χ0v) is 12.1. The lowest BCUT2D eigenvalue weighted by atomic mass is 9.90. The van der Waals surface area contributed by atoms with Crippen LogP contribution in [0.3, 0.4) is 0 Å². The summed E-state index contributed by atoms with van der Waals surface area (Å²) in [5.74, 6) is 0.130. The standard InChI is InChI=1S/C15H23NO3/c1-11-9-12(5-6-13(11)19-4)10-16-8-7-15(2,3)14(17)18/h5-6,9,16H,7-8,10H2,1-4H3,(H,17,18). The van der Waals surface area contributed by atoms with Gasteiger partial charge in [0.05, 0.1) is 12.5 Å². The monoisotopic (exact) mass is 265 g/mol. The first-order valence-corrected chi connectivity index (χ1v) is 6.44. The van der Waals surface area contributed by atoms with Crippen molar-refractivity contribution >= 4 is 5.97 Å². The number of aryl methyl sites for hydroxylation is 1. The van der Waals surface area contributed by atoms with Crippen molar-refractivity contribution in [1.29, 1.82) is 0 Å². The molecule has 2 N–H and O–H groups in total. The summed E-state index contributed by atoms with van der Waals surface area (Å²) >= 11 is 0. The van der Waals surface area contributed by atoms with E-state index >= 15 is 0 Å². The van der Waals surface area contributed by atoms with Crippen molar-refractivity contribution in [1.82, 2.24) is 5.32 Å². The first-order valence-electron chi connectivity index (χ1n) is 6.44. The molecule has 4 heteroatoms. The maximum Gasteiger partial charge on any atom is 0.309 e. The van der Waals surface area contributed by atoms with Crippen molar-refractivity contribution < 1.29 is 14.6 Å². The van der Waals surface area contributed by atoms with E-state index in [0.717, 1.165) is 17.9 Å². The Labute approximate surface area is 114 Å². The SMILES string of the molecule is COc1ccc(CNCCC(C)(C)C(=O)O)cc1C. The molecule has 1 aromatic rings. The molecule has 1 aromatic carbocycles. The van der Waals surface area contributed by atoms with E-state index < -0.39 is 11.4 Å². The molecule has 0 atom stereocenters. The van der Waals surface area contributed by atoms with Gasteiger partial charge in [-0.15, -0.1) is 0 Å². The van der Waals surface area contributed by atoms with Crippen molar-refractivity contribution in [2.75, 3.05) is 13.7 Å². The van der Waals surface area contributed by atoms with Crippen LogP contribution in [-0.2, 0) is 11.3 Å². The maximum absolute atomic E-state index is 11.0. The van der Waals surface area contributed by atoms with Crippen LogP contribution < -0.4 is 10.1 Å². The fourth-order valence-corrected chi connectivity index (χ4v) is 1.79. The number of aliphatic carboxylic acids is 1. The number of hydrogen-bond donors (Lipinski definition) is 2. The predicted octanol–water partition coefficient (Wildman–Crippen LogP) is 2.59. The van der Waals surface area contributed by atoms with Gasteiger partial charge >= 0.3 is 5.97 Å². The normalized spacial score (nSPS) is 11.4. The van der Waals surface area contributed by atoms with Crippen molar-refractivity contribution in [2.45, 2.75) is 33.7 Å². The van der Waals surface area contributed by atoms with E-state index in [9.17, 15) is 4.79 Å². The number of carbonyl (C=O) groups is 1. The summed E-state index contributed by atoms with van der Waals surface area (Å²) in [6, 6.07) is 6.04. The van der Waals surface area contributed by atoms with Crippen LogP contribution in [0.4, 0.5) is 0 Å². The minimum atomic E-state index is -0.755. The highest BCUT2D eigenvalue weighted by Gasteiger charge is 2.25. The Morgan fingerprint density at radius 2 is 2.11 bits per heavy atom. The number of ether oxygens (including phenoxy) is 1. The molecule has 0 radical (unpaired) electrons. The molecule has 4 nitrogen and oxygen atoms in total. The minimum absolute atomic E-state index is 0.609. The van der Waals surface area contributed by atoms with Gasteiger partial charge in [0.2, 0.25) is 0 Å². The molecule has 0 aliphatic rings. The van der Waals surface area contributed by atoms with Crippen molar-refractivity contribution in [3.8, 4) is 5.75 Å². The summed E-state index contributed by atoms with van der Waals surface area (Å²) in [7, 11) is 1.66. The third-order valence-corrected chi connectivity index (χ3v) is 3.29. The molecule has 0 heterocycles. The molecule has 0 aliphatic heterocycles. The summed E-state index contributed by atoms with van der Waals surface area (Å²) in [5.41, 5.74) is 1.60. The van der Waals surface area contributed by atoms with E-state index in [0.29, 0.717) is 13.0 Å². The molecule has 19 heavy (non-hydrogen) atoms. The van der Waals surface area contributed by atoms with E-state index in [2.05, 4.69) is 11.4 Å². The third-order valence-electron chi connectivity index (χ3n) is 3.29. The zero-order valence-electron chi connectivity index (χ0n) is 12.1. The lowest BCUT2D eigenvalue weighted by Gasteiger charge is -2.19. The number of benzene rings is 1. The molecule has 0 amide bonds. The minimum Gasteiger partial charge on any atom is -0.496 e. The highest BCUT2D eigenvalue weighted by molar-refractivity contribution is 5.73. The van der Waals surface area contributed by atoms with E-state index in [-0.39, 0.29) is 0 Å². The van der Waals surface area contributed by atoms with Gasteiger partial charge in [-0.2, -0.15) is 0 Å². The van der Waals surface area contributed by atoms with Crippen LogP contribution in [-0.4, -0.2) is 24.7 Å². The Balaban J connectivity index is 2.42. The molecular formula is C15H23NO3. The van der Waals surface area contributed by atoms with Crippen molar-refractivity contribution in [3.63, 3.8) is 0 Å². The fourth-order valence-electron chi connectivity index (χ4n) is 1.79. The molecule has 0 unspecified atom stereocenters. The Morgan fingerprint density at radius 3 is 2.63 bits per heavy atom. The number of hydrogen-bond acceptors (Lipinski definition) is 3. The van der Waals surface area contributed by atoms with Crippen molar-refractivity contribution in [2.24, 2.45) is 5.41 Å². The molecule has 1 rings (SSSR count). The summed E-state index contributed by atoms with van der Waals surface area (Å²) in [6.45, 7) is 6.92. The average Bonchev–Trinajstić information content (AvgIpc) is 2.34. The van der Waals surface area contributed by atoms with Crippen molar-refractivity contribution in [3.05, 3.63) is 29.3 Å². The number of methoxy groups -OCH3 is 1. The summed E-state index contributed by atoms with van der Waals surface area (Å²) in [4.78, 5) is 11.0. The van der Waals surface area contributed by atoms with Gasteiger partial charge in [-0.25, -0.2) is 0 Å². The van der Waals surface area contributed by atoms with Crippen LogP contribution in [0.25, 0.3) is 0 Å². The summed E-state index contributed by atoms with van der Waals surface area (Å²) in [5, 5.41) is 12.3. The van der Waals surface area contributed by atoms with Crippen LogP contribution in [0.15, 0.2) is 18.2 Å². The topological polar surface area (TPSA) is 58.6 Å². The van der Waals surface area contributed by atoms with E-state index in [1.165, 1.54) is 5.56 Å². The molecule has 0 spiro atoms. The van der Waals surface area contributed by atoms with E-state index in [1.807, 2.05) is 19.1 Å². The third kappa shape index (κ3) is 4.56. The smallest absolute Gasteiger partial charge is 0.309 e. The van der Waals surface area contributed by atoms with Crippen LogP contribution in [0.5, 0.6) is 5.75 Å². The Hall–Kier alpha value is -1.55. The molecule has 106 valence electrons. The first-order chi connectivity index (χ1) is 8.86. The summed E-state index contributed by atoms with van der Waals surface area (Å²) in [6.07, 6.45) is 0.609. The van der Waals surface area contributed by atoms with Gasteiger partial charge < -0.3 is 15.2 Å². The molecule has 0 aliphatic carbocycles. The number of nitrogens with one attached hydrogen (secondary N) is 1. The van der Waals surface area contributed by atoms with Crippen LogP contribution >= 0.6 is 0 Å². The highest BCUT2D eigenvalue weighted by atomic mass is 16.5. The Morgan fingerprint density at radius 1 is 1.42 bits per heavy atom. The largest absolute Gasteiger partial charge is 0.496 e. The van der Waals surface area contributed by atoms with Crippen LogP contribution in [0.2, 0.25) is 0 Å². The second-order valence-electron chi connectivity index (χ2n) is 5.42. The van der Waals surface area contributed by atoms with Gasteiger partial charge in [0, 0.05) is 6.54 Å². The molecule has 0 saturated carbocycles. The maximum atomic E-state index is 11.0. The lowest BCUT2D eigenvalue weighted by molar-refractivity contribution is -0.147. The molecule has 0 aromatic heterocycles. The van der Waals surface area contributed by atoms with Gasteiger partial charge in [0.15, 0.2) is 0 Å². The first kappa shape index (κ1) is 15.5. The summed E-state index contributed by atoms with van der Waals surface area (Å²) < 4.78 is 5.21. The number of carboxylic acids is 1. The molecular weight excluding hydrogens is 242 g/mol. The molecule has 0 saturated heterocycles. The zero-order chi connectivity index (χ0) is 14.5. The predicted molar refractivity (Wildman–Crippen MR) is 75.5 cm³/mol. The quantitative estimate of drug-likeness (QED) is 0.744. The number of carboxylic acid groups (broad SMARTS) is 1. The Kier molecular flexibility index (Phi) is 5.36. The van der Waals surface area contributed by atoms with Gasteiger partial charge in [-0.1, -0.05) is 12.1 Å². The second kappa shape index (κ2) is 6.57. The van der Waals surface area contributed by atoms with E-state index in [4.69, 9.17) is 9.84 Å². The van der Waals surface area contributed by atoms with Gasteiger partial charge in [-0.3, -0.25) is 4.79 Å². The van der Waals surface area contributed by atoms with Gasteiger partial charge in [0.1, 0.15) is 5.75 Å². The van der Waals surface area contributed by atoms with Crippen LogP contribution in [0, 0.1) is 12.3 Å². The van der Waals surface area contributed by atoms with E-state index in [1.54, 1.807) is 21.0 Å². The van der Waals surface area contributed by atoms with Gasteiger partial charge in [-0.05, 0) is 50.9 Å². The van der Waals surface area contributed by atoms with Crippen LogP contribution in [0.1, 0.15) is 31.4 Å². The fraction of sp³-hybridized carbons (Fsp3) is 0.533. The lowest BCUT2D eigenvalue weighted by Crippen LogP contribution is -2.28.